The molecule has 4 nitrogen and oxygen atoms in total. The van der Waals surface area contributed by atoms with Crippen LogP contribution in [-0.4, -0.2) is 16.1 Å². The molecule has 1 unspecified atom stereocenters. The van der Waals surface area contributed by atoms with Crippen molar-refractivity contribution in [2.45, 2.75) is 31.6 Å². The van der Waals surface area contributed by atoms with E-state index in [-0.39, 0.29) is 11.8 Å². The third-order valence-electron chi connectivity index (χ3n) is 3.88. The van der Waals surface area contributed by atoms with Gasteiger partial charge in [0.2, 0.25) is 5.91 Å². The SMILES string of the molecule is NC(=O)C1CCCCc2c(-c3ccc(Cl)cc3)n[nH]c21. The lowest BCUT2D eigenvalue weighted by atomic mass is 9.96. The number of primary amides is 1. The molecule has 3 rings (SSSR count). The fourth-order valence-corrected chi connectivity index (χ4v) is 2.97. The van der Waals surface area contributed by atoms with Crippen molar-refractivity contribution < 1.29 is 4.79 Å². The zero-order valence-electron chi connectivity index (χ0n) is 11.0. The molecule has 0 fully saturated rings. The quantitative estimate of drug-likeness (QED) is 0.834. The number of nitrogens with two attached hydrogens (primary N) is 1. The van der Waals surface area contributed by atoms with Crippen molar-refractivity contribution in [3.63, 3.8) is 0 Å². The second-order valence-electron chi connectivity index (χ2n) is 5.17. The number of rotatable bonds is 2. The minimum atomic E-state index is -0.278. The van der Waals surface area contributed by atoms with E-state index in [9.17, 15) is 4.79 Å². The predicted molar refractivity (Wildman–Crippen MR) is 78.5 cm³/mol. The molecule has 1 aliphatic rings. The Morgan fingerprint density at radius 3 is 2.75 bits per heavy atom. The third kappa shape index (κ3) is 2.31. The van der Waals surface area contributed by atoms with Crippen LogP contribution in [0, 0.1) is 0 Å². The normalized spacial score (nSPS) is 18.4. The second-order valence-corrected chi connectivity index (χ2v) is 5.61. The van der Waals surface area contributed by atoms with E-state index >= 15 is 0 Å². The fourth-order valence-electron chi connectivity index (χ4n) is 2.85. The molecule has 0 radical (unpaired) electrons. The summed E-state index contributed by atoms with van der Waals surface area (Å²) >= 11 is 5.92. The number of hydrogen-bond donors (Lipinski definition) is 2. The van der Waals surface area contributed by atoms with Crippen LogP contribution >= 0.6 is 11.6 Å². The largest absolute Gasteiger partial charge is 0.369 e. The van der Waals surface area contributed by atoms with E-state index in [1.807, 2.05) is 24.3 Å². The lowest BCUT2D eigenvalue weighted by molar-refractivity contribution is -0.119. The van der Waals surface area contributed by atoms with Crippen molar-refractivity contribution in [2.24, 2.45) is 5.73 Å². The summed E-state index contributed by atoms with van der Waals surface area (Å²) < 4.78 is 0. The molecule has 1 heterocycles. The van der Waals surface area contributed by atoms with Gasteiger partial charge in [0.1, 0.15) is 0 Å². The highest BCUT2D eigenvalue weighted by atomic mass is 35.5. The monoisotopic (exact) mass is 289 g/mol. The zero-order chi connectivity index (χ0) is 14.1. The highest BCUT2D eigenvalue weighted by Crippen LogP contribution is 2.34. The number of nitrogens with zero attached hydrogens (tertiary/aromatic N) is 1. The second kappa shape index (κ2) is 5.29. The van der Waals surface area contributed by atoms with Gasteiger partial charge in [0.05, 0.1) is 17.3 Å². The number of hydrogen-bond acceptors (Lipinski definition) is 2. The molecule has 1 atom stereocenters. The Labute approximate surface area is 122 Å². The molecule has 0 saturated heterocycles. The minimum Gasteiger partial charge on any atom is -0.369 e. The number of fused-ring (bicyclic) bond motifs is 1. The van der Waals surface area contributed by atoms with Gasteiger partial charge in [-0.1, -0.05) is 30.2 Å². The standard InChI is InChI=1S/C15H16ClN3O/c16-10-7-5-9(6-8-10)13-11-3-1-2-4-12(15(17)20)14(11)19-18-13/h5-8,12H,1-4H2,(H2,17,20)(H,18,19). The topological polar surface area (TPSA) is 71.8 Å². The van der Waals surface area contributed by atoms with Gasteiger partial charge in [0.25, 0.3) is 0 Å². The van der Waals surface area contributed by atoms with Crippen molar-refractivity contribution in [3.8, 4) is 11.3 Å². The maximum Gasteiger partial charge on any atom is 0.226 e. The minimum absolute atomic E-state index is 0.249. The summed E-state index contributed by atoms with van der Waals surface area (Å²) in [6.07, 6.45) is 3.78. The van der Waals surface area contributed by atoms with Gasteiger partial charge in [-0.25, -0.2) is 0 Å². The van der Waals surface area contributed by atoms with Gasteiger partial charge in [0, 0.05) is 16.1 Å². The fraction of sp³-hybridized carbons (Fsp3) is 0.333. The lowest BCUT2D eigenvalue weighted by Gasteiger charge is -2.09. The molecule has 0 saturated carbocycles. The van der Waals surface area contributed by atoms with Crippen LogP contribution in [0.3, 0.4) is 0 Å². The summed E-state index contributed by atoms with van der Waals surface area (Å²) in [5.74, 6) is -0.527. The predicted octanol–water partition coefficient (Wildman–Crippen LogP) is 3.03. The van der Waals surface area contributed by atoms with Crippen LogP contribution in [-0.2, 0) is 11.2 Å². The number of amides is 1. The number of aromatic amines is 1. The first kappa shape index (κ1) is 13.2. The van der Waals surface area contributed by atoms with E-state index < -0.39 is 0 Å². The van der Waals surface area contributed by atoms with E-state index in [2.05, 4.69) is 10.2 Å². The molecular formula is C15H16ClN3O. The number of benzene rings is 1. The van der Waals surface area contributed by atoms with Crippen LogP contribution in [0.25, 0.3) is 11.3 Å². The molecule has 1 aromatic heterocycles. The van der Waals surface area contributed by atoms with Crippen LogP contribution in [0.1, 0.15) is 36.4 Å². The summed E-state index contributed by atoms with van der Waals surface area (Å²) in [5.41, 5.74) is 9.44. The highest BCUT2D eigenvalue weighted by molar-refractivity contribution is 6.30. The van der Waals surface area contributed by atoms with Crippen LogP contribution in [0.15, 0.2) is 24.3 Å². The van der Waals surface area contributed by atoms with E-state index in [1.165, 1.54) is 0 Å². The molecule has 0 bridgehead atoms. The Morgan fingerprint density at radius 2 is 2.05 bits per heavy atom. The Kier molecular flexibility index (Phi) is 3.49. The Hall–Kier alpha value is -1.81. The molecule has 104 valence electrons. The number of carbonyl (C=O) groups excluding carboxylic acids is 1. The number of halogens is 1. The van der Waals surface area contributed by atoms with Gasteiger partial charge in [-0.15, -0.1) is 0 Å². The molecule has 20 heavy (non-hydrogen) atoms. The average molecular weight is 290 g/mol. The van der Waals surface area contributed by atoms with Gasteiger partial charge in [0.15, 0.2) is 0 Å². The summed E-state index contributed by atoms with van der Waals surface area (Å²) in [7, 11) is 0. The van der Waals surface area contributed by atoms with Gasteiger partial charge in [-0.05, 0) is 31.4 Å². The van der Waals surface area contributed by atoms with Crippen LogP contribution in [0.5, 0.6) is 0 Å². The van der Waals surface area contributed by atoms with Crippen molar-refractivity contribution >= 4 is 17.5 Å². The Morgan fingerprint density at radius 1 is 1.30 bits per heavy atom. The highest BCUT2D eigenvalue weighted by Gasteiger charge is 2.27. The molecule has 1 amide bonds. The van der Waals surface area contributed by atoms with Crippen LogP contribution in [0.4, 0.5) is 0 Å². The number of H-pyrrole nitrogens is 1. The molecule has 3 N–H and O–H groups in total. The Balaban J connectivity index is 2.07. The van der Waals surface area contributed by atoms with E-state index in [1.54, 1.807) is 0 Å². The Bertz CT molecular complexity index is 633. The van der Waals surface area contributed by atoms with E-state index in [0.29, 0.717) is 5.02 Å². The van der Waals surface area contributed by atoms with Gasteiger partial charge < -0.3 is 5.73 Å². The summed E-state index contributed by atoms with van der Waals surface area (Å²) in [6.45, 7) is 0. The molecule has 1 aromatic carbocycles. The first-order valence-electron chi connectivity index (χ1n) is 6.79. The first-order chi connectivity index (χ1) is 9.66. The molecule has 5 heteroatoms. The summed E-state index contributed by atoms with van der Waals surface area (Å²) in [4.78, 5) is 11.6. The average Bonchev–Trinajstić information content (AvgIpc) is 2.72. The van der Waals surface area contributed by atoms with Gasteiger partial charge >= 0.3 is 0 Å². The van der Waals surface area contributed by atoms with Crippen molar-refractivity contribution in [2.75, 3.05) is 0 Å². The van der Waals surface area contributed by atoms with Crippen molar-refractivity contribution in [1.82, 2.24) is 10.2 Å². The van der Waals surface area contributed by atoms with Crippen molar-refractivity contribution in [1.29, 1.82) is 0 Å². The maximum absolute atomic E-state index is 11.6. The van der Waals surface area contributed by atoms with E-state index in [0.717, 1.165) is 48.2 Å². The smallest absolute Gasteiger partial charge is 0.226 e. The molecule has 0 aliphatic heterocycles. The molecule has 2 aromatic rings. The van der Waals surface area contributed by atoms with Gasteiger partial charge in [-0.3, -0.25) is 9.89 Å². The van der Waals surface area contributed by atoms with Crippen LogP contribution in [0.2, 0.25) is 5.02 Å². The third-order valence-corrected chi connectivity index (χ3v) is 4.13. The molecular weight excluding hydrogens is 274 g/mol. The summed E-state index contributed by atoms with van der Waals surface area (Å²) in [5, 5.41) is 8.12. The molecule has 0 spiro atoms. The maximum atomic E-state index is 11.6. The van der Waals surface area contributed by atoms with Crippen molar-refractivity contribution in [3.05, 3.63) is 40.5 Å². The zero-order valence-corrected chi connectivity index (χ0v) is 11.8. The number of aromatic nitrogens is 2. The summed E-state index contributed by atoms with van der Waals surface area (Å²) in [6, 6.07) is 7.59. The van der Waals surface area contributed by atoms with Gasteiger partial charge in [-0.2, -0.15) is 5.10 Å². The lowest BCUT2D eigenvalue weighted by Crippen LogP contribution is -2.21. The number of carbonyl (C=O) groups is 1. The first-order valence-corrected chi connectivity index (χ1v) is 7.17. The van der Waals surface area contributed by atoms with E-state index in [4.69, 9.17) is 17.3 Å². The number of nitrogens with one attached hydrogen (secondary N) is 1. The van der Waals surface area contributed by atoms with Crippen LogP contribution < -0.4 is 5.73 Å². The molecule has 1 aliphatic carbocycles.